The number of rotatable bonds is 8. The molecule has 0 saturated carbocycles. The number of halogens is 1. The molecule has 0 aromatic heterocycles. The van der Waals surface area contributed by atoms with E-state index < -0.39 is 0 Å². The Morgan fingerprint density at radius 1 is 1.13 bits per heavy atom. The van der Waals surface area contributed by atoms with Crippen molar-refractivity contribution in [3.05, 3.63) is 53.8 Å². The van der Waals surface area contributed by atoms with Crippen LogP contribution in [0.5, 0.6) is 11.5 Å². The Bertz CT molecular complexity index is 642. The summed E-state index contributed by atoms with van der Waals surface area (Å²) in [5, 5.41) is 4.13. The first-order chi connectivity index (χ1) is 11.2. The second kappa shape index (κ2) is 8.78. The third kappa shape index (κ3) is 5.29. The van der Waals surface area contributed by atoms with Crippen LogP contribution in [0, 0.1) is 5.82 Å². The van der Waals surface area contributed by atoms with Crippen LogP contribution >= 0.6 is 0 Å². The molecule has 0 aliphatic heterocycles. The molecular weight excluding hydrogens is 295 g/mol. The number of nitrogens with one attached hydrogen (secondary N) is 1. The fourth-order valence-electron chi connectivity index (χ4n) is 1.92. The van der Waals surface area contributed by atoms with Crippen LogP contribution in [0.3, 0.4) is 0 Å². The Morgan fingerprint density at radius 2 is 1.91 bits per heavy atom. The minimum Gasteiger partial charge on any atom is -0.493 e. The lowest BCUT2D eigenvalue weighted by molar-refractivity contribution is 0.288. The number of nitrogens with zero attached hydrogens (tertiary/aromatic N) is 1. The van der Waals surface area contributed by atoms with Crippen LogP contribution in [0.2, 0.25) is 0 Å². The van der Waals surface area contributed by atoms with Crippen LogP contribution < -0.4 is 14.9 Å². The van der Waals surface area contributed by atoms with E-state index in [-0.39, 0.29) is 5.82 Å². The first kappa shape index (κ1) is 16.8. The van der Waals surface area contributed by atoms with Gasteiger partial charge >= 0.3 is 0 Å². The molecule has 23 heavy (non-hydrogen) atoms. The molecule has 0 fully saturated rings. The van der Waals surface area contributed by atoms with Gasteiger partial charge in [-0.1, -0.05) is 13.3 Å². The molecule has 0 spiro atoms. The average molecular weight is 316 g/mol. The predicted molar refractivity (Wildman–Crippen MR) is 91.0 cm³/mol. The van der Waals surface area contributed by atoms with Gasteiger partial charge in [-0.15, -0.1) is 0 Å². The van der Waals surface area contributed by atoms with Crippen molar-refractivity contribution in [1.29, 1.82) is 0 Å². The molecule has 0 aliphatic rings. The van der Waals surface area contributed by atoms with Gasteiger partial charge in [0.25, 0.3) is 0 Å². The summed E-state index contributed by atoms with van der Waals surface area (Å²) in [6, 6.07) is 11.6. The van der Waals surface area contributed by atoms with Gasteiger partial charge in [-0.2, -0.15) is 5.10 Å². The third-order valence-electron chi connectivity index (χ3n) is 3.19. The van der Waals surface area contributed by atoms with Gasteiger partial charge in [0.1, 0.15) is 5.82 Å². The molecule has 0 saturated heterocycles. The summed E-state index contributed by atoms with van der Waals surface area (Å²) in [5.74, 6) is 1.12. The van der Waals surface area contributed by atoms with Gasteiger partial charge in [-0.3, -0.25) is 5.43 Å². The minimum atomic E-state index is -0.275. The molecular formula is C18H21FN2O2. The Balaban J connectivity index is 1.99. The minimum absolute atomic E-state index is 0.275. The highest BCUT2D eigenvalue weighted by Crippen LogP contribution is 2.27. The van der Waals surface area contributed by atoms with E-state index in [9.17, 15) is 4.39 Å². The van der Waals surface area contributed by atoms with E-state index >= 15 is 0 Å². The van der Waals surface area contributed by atoms with Crippen molar-refractivity contribution in [2.75, 3.05) is 19.1 Å². The summed E-state index contributed by atoms with van der Waals surface area (Å²) in [4.78, 5) is 0. The van der Waals surface area contributed by atoms with Crippen molar-refractivity contribution < 1.29 is 13.9 Å². The molecule has 122 valence electrons. The first-order valence-electron chi connectivity index (χ1n) is 7.58. The molecule has 0 atom stereocenters. The van der Waals surface area contributed by atoms with E-state index in [1.165, 1.54) is 12.1 Å². The maximum Gasteiger partial charge on any atom is 0.161 e. The highest BCUT2D eigenvalue weighted by Gasteiger charge is 2.04. The lowest BCUT2D eigenvalue weighted by Crippen LogP contribution is -1.99. The van der Waals surface area contributed by atoms with Gasteiger partial charge < -0.3 is 9.47 Å². The molecule has 5 heteroatoms. The molecule has 0 aliphatic carbocycles. The summed E-state index contributed by atoms with van der Waals surface area (Å²) in [6.45, 7) is 2.79. The van der Waals surface area contributed by atoms with Gasteiger partial charge in [0.15, 0.2) is 11.5 Å². The molecule has 2 aromatic rings. The van der Waals surface area contributed by atoms with Crippen LogP contribution in [0.15, 0.2) is 47.6 Å². The van der Waals surface area contributed by atoms with Crippen LogP contribution in [0.25, 0.3) is 0 Å². The molecule has 0 bridgehead atoms. The Kier molecular flexibility index (Phi) is 6.41. The van der Waals surface area contributed by atoms with Gasteiger partial charge in [-0.05, 0) is 54.4 Å². The zero-order chi connectivity index (χ0) is 16.5. The van der Waals surface area contributed by atoms with Crippen molar-refractivity contribution in [3.8, 4) is 11.5 Å². The number of methoxy groups -OCH3 is 1. The quantitative estimate of drug-likeness (QED) is 0.444. The monoisotopic (exact) mass is 316 g/mol. The maximum atomic E-state index is 12.8. The van der Waals surface area contributed by atoms with Crippen molar-refractivity contribution in [2.24, 2.45) is 5.10 Å². The van der Waals surface area contributed by atoms with Gasteiger partial charge in [0.05, 0.1) is 25.6 Å². The second-order valence-electron chi connectivity index (χ2n) is 4.99. The standard InChI is InChI=1S/C18H21FN2O2/c1-3-4-11-23-17-10-5-14(12-18(17)22-2)13-20-21-16-8-6-15(19)7-9-16/h5-10,12-13,21H,3-4,11H2,1-2H3/b20-13-. The number of hydrogen-bond acceptors (Lipinski definition) is 4. The van der Waals surface area contributed by atoms with E-state index in [1.54, 1.807) is 25.5 Å². The Morgan fingerprint density at radius 3 is 2.61 bits per heavy atom. The fraction of sp³-hybridized carbons (Fsp3) is 0.278. The van der Waals surface area contributed by atoms with Crippen LogP contribution in [-0.2, 0) is 0 Å². The second-order valence-corrected chi connectivity index (χ2v) is 4.99. The van der Waals surface area contributed by atoms with E-state index in [0.717, 1.165) is 24.2 Å². The number of anilines is 1. The topological polar surface area (TPSA) is 42.8 Å². The summed E-state index contributed by atoms with van der Waals surface area (Å²) >= 11 is 0. The van der Waals surface area contributed by atoms with Crippen molar-refractivity contribution in [1.82, 2.24) is 0 Å². The largest absolute Gasteiger partial charge is 0.493 e. The van der Waals surface area contributed by atoms with Gasteiger partial charge in [0, 0.05) is 0 Å². The summed E-state index contributed by atoms with van der Waals surface area (Å²) in [5.41, 5.74) is 4.44. The fourth-order valence-corrected chi connectivity index (χ4v) is 1.92. The highest BCUT2D eigenvalue weighted by atomic mass is 19.1. The molecule has 2 aromatic carbocycles. The molecule has 2 rings (SSSR count). The van der Waals surface area contributed by atoms with Crippen molar-refractivity contribution in [2.45, 2.75) is 19.8 Å². The van der Waals surface area contributed by atoms with E-state index in [0.29, 0.717) is 18.0 Å². The lowest BCUT2D eigenvalue weighted by atomic mass is 10.2. The van der Waals surface area contributed by atoms with E-state index in [2.05, 4.69) is 17.5 Å². The van der Waals surface area contributed by atoms with E-state index in [1.807, 2.05) is 18.2 Å². The molecule has 0 heterocycles. The summed E-state index contributed by atoms with van der Waals surface area (Å²) in [6.07, 6.45) is 3.76. The predicted octanol–water partition coefficient (Wildman–Crippen LogP) is 4.46. The maximum absolute atomic E-state index is 12.8. The van der Waals surface area contributed by atoms with Crippen molar-refractivity contribution >= 4 is 11.9 Å². The van der Waals surface area contributed by atoms with Gasteiger partial charge in [-0.25, -0.2) is 4.39 Å². The van der Waals surface area contributed by atoms with Gasteiger partial charge in [0.2, 0.25) is 0 Å². The number of hydrazone groups is 1. The zero-order valence-electron chi connectivity index (χ0n) is 13.4. The number of unbranched alkanes of at least 4 members (excludes halogenated alkanes) is 1. The summed E-state index contributed by atoms with van der Waals surface area (Å²) < 4.78 is 23.8. The van der Waals surface area contributed by atoms with Crippen LogP contribution in [0.1, 0.15) is 25.3 Å². The van der Waals surface area contributed by atoms with Crippen molar-refractivity contribution in [3.63, 3.8) is 0 Å². The molecule has 0 unspecified atom stereocenters. The highest BCUT2D eigenvalue weighted by molar-refractivity contribution is 5.81. The average Bonchev–Trinajstić information content (AvgIpc) is 2.58. The van der Waals surface area contributed by atoms with Crippen LogP contribution in [0.4, 0.5) is 10.1 Å². The Labute approximate surface area is 135 Å². The van der Waals surface area contributed by atoms with Crippen LogP contribution in [-0.4, -0.2) is 19.9 Å². The number of hydrogen-bond donors (Lipinski definition) is 1. The smallest absolute Gasteiger partial charge is 0.161 e. The third-order valence-corrected chi connectivity index (χ3v) is 3.19. The number of ether oxygens (including phenoxy) is 2. The number of benzene rings is 2. The Hall–Kier alpha value is -2.56. The molecule has 0 amide bonds. The molecule has 0 radical (unpaired) electrons. The zero-order valence-corrected chi connectivity index (χ0v) is 13.4. The molecule has 4 nitrogen and oxygen atoms in total. The molecule has 1 N–H and O–H groups in total. The first-order valence-corrected chi connectivity index (χ1v) is 7.58. The summed E-state index contributed by atoms with van der Waals surface area (Å²) in [7, 11) is 1.61. The SMILES string of the molecule is CCCCOc1ccc(/C=N\Nc2ccc(F)cc2)cc1OC. The lowest BCUT2D eigenvalue weighted by Gasteiger charge is -2.10. The van der Waals surface area contributed by atoms with E-state index in [4.69, 9.17) is 9.47 Å². The normalized spacial score (nSPS) is 10.7.